The van der Waals surface area contributed by atoms with Crippen molar-refractivity contribution in [3.05, 3.63) is 52.2 Å². The first kappa shape index (κ1) is 19.5. The number of amides is 1. The molecule has 0 saturated carbocycles. The molecule has 0 unspecified atom stereocenters. The second-order valence-corrected chi connectivity index (χ2v) is 8.15. The third kappa shape index (κ3) is 4.56. The monoisotopic (exact) mass is 387 g/mol. The highest BCUT2D eigenvalue weighted by atomic mass is 32.1. The Morgan fingerprint density at radius 1 is 1.33 bits per heavy atom. The number of halogens is 1. The summed E-state index contributed by atoms with van der Waals surface area (Å²) in [5.74, 6) is 1.09. The maximum absolute atomic E-state index is 13.7. The van der Waals surface area contributed by atoms with Crippen molar-refractivity contribution in [3.63, 3.8) is 0 Å². The lowest BCUT2D eigenvalue weighted by Gasteiger charge is -2.23. The largest absolute Gasteiger partial charge is 0.330 e. The highest BCUT2D eigenvalue weighted by Crippen LogP contribution is 2.21. The number of aromatic nitrogens is 2. The summed E-state index contributed by atoms with van der Waals surface area (Å²) in [6, 6.07) is 8.43. The molecule has 144 valence electrons. The minimum atomic E-state index is -0.266. The number of imidazole rings is 1. The van der Waals surface area contributed by atoms with Crippen LogP contribution in [0.1, 0.15) is 49.1 Å². The number of thiophene rings is 1. The van der Waals surface area contributed by atoms with Gasteiger partial charge in [0.25, 0.3) is 5.91 Å². The van der Waals surface area contributed by atoms with Gasteiger partial charge < -0.3 is 9.47 Å². The Morgan fingerprint density at radius 2 is 2.15 bits per heavy atom. The van der Waals surface area contributed by atoms with E-state index < -0.39 is 0 Å². The van der Waals surface area contributed by atoms with E-state index in [1.165, 1.54) is 23.5 Å². The van der Waals surface area contributed by atoms with Crippen LogP contribution in [0.2, 0.25) is 0 Å². The van der Waals surface area contributed by atoms with Crippen molar-refractivity contribution in [3.8, 4) is 0 Å². The maximum Gasteiger partial charge on any atom is 0.264 e. The molecule has 0 radical (unpaired) electrons. The molecule has 27 heavy (non-hydrogen) atoms. The first-order chi connectivity index (χ1) is 13.0. The molecule has 6 heteroatoms. The molecule has 0 fully saturated rings. The van der Waals surface area contributed by atoms with Gasteiger partial charge in [-0.05, 0) is 48.4 Å². The zero-order chi connectivity index (χ0) is 19.4. The number of hydrogen-bond donors (Lipinski definition) is 0. The number of carbonyl (C=O) groups is 1. The molecule has 3 rings (SSSR count). The van der Waals surface area contributed by atoms with Gasteiger partial charge in [-0.25, -0.2) is 9.37 Å². The first-order valence-electron chi connectivity index (χ1n) is 9.47. The minimum Gasteiger partial charge on any atom is -0.330 e. The second kappa shape index (κ2) is 8.65. The van der Waals surface area contributed by atoms with Gasteiger partial charge >= 0.3 is 0 Å². The molecule has 0 bridgehead atoms. The normalized spacial score (nSPS) is 11.4. The lowest BCUT2D eigenvalue weighted by molar-refractivity contribution is 0.0734. The highest BCUT2D eigenvalue weighted by Gasteiger charge is 2.21. The van der Waals surface area contributed by atoms with Crippen LogP contribution in [0.5, 0.6) is 0 Å². The molecule has 1 amide bonds. The van der Waals surface area contributed by atoms with Gasteiger partial charge in [-0.1, -0.05) is 26.8 Å². The molecular weight excluding hydrogens is 361 g/mol. The van der Waals surface area contributed by atoms with E-state index in [0.717, 1.165) is 41.1 Å². The van der Waals surface area contributed by atoms with E-state index in [-0.39, 0.29) is 11.7 Å². The van der Waals surface area contributed by atoms with Gasteiger partial charge in [-0.3, -0.25) is 4.79 Å². The Hall–Kier alpha value is -2.21. The molecule has 4 nitrogen and oxygen atoms in total. The number of nitrogens with zero attached hydrogens (tertiary/aromatic N) is 3. The first-order valence-corrected chi connectivity index (χ1v) is 10.3. The van der Waals surface area contributed by atoms with Gasteiger partial charge in [-0.15, -0.1) is 11.3 Å². The van der Waals surface area contributed by atoms with Gasteiger partial charge in [0.2, 0.25) is 0 Å². The van der Waals surface area contributed by atoms with E-state index in [1.54, 1.807) is 6.07 Å². The van der Waals surface area contributed by atoms with Crippen molar-refractivity contribution in [2.45, 2.75) is 46.7 Å². The second-order valence-electron chi connectivity index (χ2n) is 7.20. The molecule has 0 spiro atoms. The standard InChI is InChI=1S/C21H26FN3OS/c1-4-10-25-18-13-16(22)7-8-17(18)23-20(25)14-24(11-9-15(2)3)21(26)19-6-5-12-27-19/h5-8,12-13,15H,4,9-11,14H2,1-3H3. The highest BCUT2D eigenvalue weighted by molar-refractivity contribution is 7.12. The van der Waals surface area contributed by atoms with Crippen LogP contribution in [0.25, 0.3) is 11.0 Å². The molecule has 0 aliphatic rings. The number of carbonyl (C=O) groups excluding carboxylic acids is 1. The lowest BCUT2D eigenvalue weighted by atomic mass is 10.1. The summed E-state index contributed by atoms with van der Waals surface area (Å²) in [7, 11) is 0. The number of hydrogen-bond acceptors (Lipinski definition) is 3. The van der Waals surface area contributed by atoms with E-state index in [4.69, 9.17) is 4.98 Å². The number of benzene rings is 1. The van der Waals surface area contributed by atoms with Crippen LogP contribution in [0.3, 0.4) is 0 Å². The summed E-state index contributed by atoms with van der Waals surface area (Å²) in [4.78, 5) is 20.3. The average Bonchev–Trinajstić information content (AvgIpc) is 3.27. The fourth-order valence-electron chi connectivity index (χ4n) is 3.13. The van der Waals surface area contributed by atoms with Crippen molar-refractivity contribution < 1.29 is 9.18 Å². The molecule has 0 aliphatic carbocycles. The summed E-state index contributed by atoms with van der Waals surface area (Å²) in [6.45, 7) is 8.26. The summed E-state index contributed by atoms with van der Waals surface area (Å²) in [6.07, 6.45) is 1.85. The third-order valence-electron chi connectivity index (χ3n) is 4.56. The lowest BCUT2D eigenvalue weighted by Crippen LogP contribution is -2.32. The van der Waals surface area contributed by atoms with Gasteiger partial charge in [-0.2, -0.15) is 0 Å². The van der Waals surface area contributed by atoms with Crippen LogP contribution in [-0.4, -0.2) is 26.9 Å². The predicted octanol–water partition coefficient (Wildman–Crippen LogP) is 5.34. The van der Waals surface area contributed by atoms with Crippen molar-refractivity contribution in [1.82, 2.24) is 14.5 Å². The molecule has 2 heterocycles. The summed E-state index contributed by atoms with van der Waals surface area (Å²) in [5.41, 5.74) is 1.56. The number of fused-ring (bicyclic) bond motifs is 1. The SMILES string of the molecule is CCCn1c(CN(CCC(C)C)C(=O)c2cccs2)nc2ccc(F)cc21. The van der Waals surface area contributed by atoms with Crippen LogP contribution in [-0.2, 0) is 13.1 Å². The molecular formula is C21H26FN3OS. The van der Waals surface area contributed by atoms with Gasteiger partial charge in [0, 0.05) is 13.1 Å². The smallest absolute Gasteiger partial charge is 0.264 e. The summed E-state index contributed by atoms with van der Waals surface area (Å²) >= 11 is 1.46. The number of rotatable bonds is 8. The van der Waals surface area contributed by atoms with Crippen LogP contribution >= 0.6 is 11.3 Å². The zero-order valence-electron chi connectivity index (χ0n) is 16.1. The van der Waals surface area contributed by atoms with Crippen LogP contribution in [0, 0.1) is 11.7 Å². The molecule has 0 atom stereocenters. The molecule has 0 saturated heterocycles. The average molecular weight is 388 g/mol. The van der Waals surface area contributed by atoms with E-state index in [9.17, 15) is 9.18 Å². The third-order valence-corrected chi connectivity index (χ3v) is 5.42. The van der Waals surface area contributed by atoms with Gasteiger partial charge in [0.05, 0.1) is 22.5 Å². The van der Waals surface area contributed by atoms with E-state index >= 15 is 0 Å². The van der Waals surface area contributed by atoms with Crippen molar-refractivity contribution >= 4 is 28.3 Å². The van der Waals surface area contributed by atoms with Gasteiger partial charge in [0.15, 0.2) is 0 Å². The van der Waals surface area contributed by atoms with Crippen molar-refractivity contribution in [1.29, 1.82) is 0 Å². The van der Waals surface area contributed by atoms with E-state index in [2.05, 4.69) is 20.8 Å². The number of aryl methyl sites for hydroxylation is 1. The molecule has 0 aliphatic heterocycles. The zero-order valence-corrected chi connectivity index (χ0v) is 16.9. The van der Waals surface area contributed by atoms with Gasteiger partial charge in [0.1, 0.15) is 11.6 Å². The topological polar surface area (TPSA) is 38.1 Å². The molecule has 3 aromatic rings. The van der Waals surface area contributed by atoms with E-state index in [0.29, 0.717) is 19.0 Å². The Kier molecular flexibility index (Phi) is 6.26. The van der Waals surface area contributed by atoms with Crippen molar-refractivity contribution in [2.75, 3.05) is 6.54 Å². The van der Waals surface area contributed by atoms with Crippen LogP contribution in [0.4, 0.5) is 4.39 Å². The molecule has 0 N–H and O–H groups in total. The Balaban J connectivity index is 1.94. The minimum absolute atomic E-state index is 0.0342. The quantitative estimate of drug-likeness (QED) is 0.523. The molecule has 2 aromatic heterocycles. The fraction of sp³-hybridized carbons (Fsp3) is 0.429. The summed E-state index contributed by atoms with van der Waals surface area (Å²) < 4.78 is 15.8. The predicted molar refractivity (Wildman–Crippen MR) is 108 cm³/mol. The maximum atomic E-state index is 13.7. The van der Waals surface area contributed by atoms with Crippen LogP contribution in [0.15, 0.2) is 35.7 Å². The fourth-order valence-corrected chi connectivity index (χ4v) is 3.82. The molecule has 1 aromatic carbocycles. The Labute approximate surface area is 163 Å². The Bertz CT molecular complexity index is 902. The Morgan fingerprint density at radius 3 is 2.81 bits per heavy atom. The van der Waals surface area contributed by atoms with Crippen molar-refractivity contribution in [2.24, 2.45) is 5.92 Å². The van der Waals surface area contributed by atoms with Crippen LogP contribution < -0.4 is 0 Å². The van der Waals surface area contributed by atoms with E-state index in [1.807, 2.05) is 27.0 Å². The summed E-state index contributed by atoms with van der Waals surface area (Å²) in [5, 5.41) is 1.92.